The van der Waals surface area contributed by atoms with Crippen molar-refractivity contribution in [3.05, 3.63) is 71.4 Å². The van der Waals surface area contributed by atoms with Crippen molar-refractivity contribution in [2.45, 2.75) is 13.3 Å². The van der Waals surface area contributed by atoms with Gasteiger partial charge in [0, 0.05) is 11.2 Å². The van der Waals surface area contributed by atoms with Crippen molar-refractivity contribution in [1.29, 1.82) is 0 Å². The molecule has 0 spiro atoms. The van der Waals surface area contributed by atoms with Gasteiger partial charge in [-0.15, -0.1) is 0 Å². The monoisotopic (exact) mass is 220 g/mol. The molecule has 83 valence electrons. The van der Waals surface area contributed by atoms with E-state index in [1.54, 1.807) is 0 Å². The highest BCUT2D eigenvalue weighted by atomic mass is 14.7. The van der Waals surface area contributed by atoms with Crippen molar-refractivity contribution in [3.63, 3.8) is 0 Å². The summed E-state index contributed by atoms with van der Waals surface area (Å²) >= 11 is 0. The fraction of sp³-hybridized carbons (Fsp3) is 0.125. The van der Waals surface area contributed by atoms with E-state index in [4.69, 9.17) is 0 Å². The topological polar surface area (TPSA) is 15.8 Å². The highest BCUT2D eigenvalue weighted by Gasteiger charge is 2.04. The third-order valence-corrected chi connectivity index (χ3v) is 3.06. The SMILES string of the molecule is Cc1cc2cccc(Cc3cc[c]cc3)c2[nH]1. The Balaban J connectivity index is 2.06. The lowest BCUT2D eigenvalue weighted by molar-refractivity contribution is 1.19. The first-order valence-corrected chi connectivity index (χ1v) is 5.85. The molecule has 1 nitrogen and oxygen atoms in total. The molecule has 0 saturated heterocycles. The molecule has 2 aromatic carbocycles. The number of aromatic nitrogens is 1. The highest BCUT2D eigenvalue weighted by Crippen LogP contribution is 2.21. The van der Waals surface area contributed by atoms with Gasteiger partial charge in [0.05, 0.1) is 0 Å². The van der Waals surface area contributed by atoms with E-state index < -0.39 is 0 Å². The van der Waals surface area contributed by atoms with Crippen LogP contribution in [0.15, 0.2) is 48.5 Å². The van der Waals surface area contributed by atoms with Gasteiger partial charge in [-0.3, -0.25) is 0 Å². The van der Waals surface area contributed by atoms with E-state index in [0.29, 0.717) is 0 Å². The first-order valence-electron chi connectivity index (χ1n) is 5.85. The molecule has 3 aromatic rings. The molecule has 0 aliphatic carbocycles. The lowest BCUT2D eigenvalue weighted by atomic mass is 10.0. The zero-order valence-corrected chi connectivity index (χ0v) is 9.83. The van der Waals surface area contributed by atoms with E-state index in [0.717, 1.165) is 6.42 Å². The van der Waals surface area contributed by atoms with Crippen LogP contribution in [0.4, 0.5) is 0 Å². The quantitative estimate of drug-likeness (QED) is 0.675. The second-order valence-corrected chi connectivity index (χ2v) is 4.42. The smallest absolute Gasteiger partial charge is 0.0491 e. The van der Waals surface area contributed by atoms with Gasteiger partial charge >= 0.3 is 0 Å². The normalized spacial score (nSPS) is 10.9. The number of aryl methyl sites for hydroxylation is 1. The van der Waals surface area contributed by atoms with Crippen LogP contribution in [0.2, 0.25) is 0 Å². The highest BCUT2D eigenvalue weighted by molar-refractivity contribution is 5.83. The number of benzene rings is 2. The summed E-state index contributed by atoms with van der Waals surface area (Å²) in [5.41, 5.74) is 5.15. The summed E-state index contributed by atoms with van der Waals surface area (Å²) in [6.07, 6.45) is 0.964. The zero-order chi connectivity index (χ0) is 11.7. The summed E-state index contributed by atoms with van der Waals surface area (Å²) in [6, 6.07) is 19.9. The van der Waals surface area contributed by atoms with E-state index in [1.165, 1.54) is 27.7 Å². The first kappa shape index (κ1) is 10.2. The number of rotatable bonds is 2. The van der Waals surface area contributed by atoms with Gasteiger partial charge in [-0.1, -0.05) is 42.5 Å². The van der Waals surface area contributed by atoms with E-state index >= 15 is 0 Å². The van der Waals surface area contributed by atoms with Crippen molar-refractivity contribution in [2.75, 3.05) is 0 Å². The largest absolute Gasteiger partial charge is 0.358 e. The van der Waals surface area contributed by atoms with Crippen molar-refractivity contribution >= 4 is 10.9 Å². The van der Waals surface area contributed by atoms with Crippen LogP contribution in [-0.4, -0.2) is 4.98 Å². The van der Waals surface area contributed by atoms with Gasteiger partial charge in [0.15, 0.2) is 0 Å². The standard InChI is InChI=1S/C16H14N/c1-12-10-14-8-5-9-15(16(14)17-12)11-13-6-3-2-4-7-13/h3-10,17H,11H2,1H3. The Morgan fingerprint density at radius 2 is 1.94 bits per heavy atom. The molecule has 1 aromatic heterocycles. The number of aromatic amines is 1. The number of H-pyrrole nitrogens is 1. The van der Waals surface area contributed by atoms with Crippen LogP contribution in [0.1, 0.15) is 16.8 Å². The molecular weight excluding hydrogens is 206 g/mol. The molecule has 1 heteroatoms. The second-order valence-electron chi connectivity index (χ2n) is 4.42. The average Bonchev–Trinajstić information content (AvgIpc) is 2.72. The number of nitrogens with one attached hydrogen (secondary N) is 1. The molecule has 0 aliphatic rings. The number of hydrogen-bond acceptors (Lipinski definition) is 0. The Labute approximate surface area is 101 Å². The molecule has 1 heterocycles. The summed E-state index contributed by atoms with van der Waals surface area (Å²) in [7, 11) is 0. The third kappa shape index (κ3) is 1.96. The molecule has 1 radical (unpaired) electrons. The van der Waals surface area contributed by atoms with Crippen LogP contribution in [0.3, 0.4) is 0 Å². The van der Waals surface area contributed by atoms with Gasteiger partial charge in [-0.05, 0) is 42.0 Å². The number of fused-ring (bicyclic) bond motifs is 1. The van der Waals surface area contributed by atoms with Crippen LogP contribution < -0.4 is 0 Å². The maximum atomic E-state index is 3.44. The van der Waals surface area contributed by atoms with Gasteiger partial charge in [0.2, 0.25) is 0 Å². The molecule has 1 N–H and O–H groups in total. The minimum atomic E-state index is 0.964. The van der Waals surface area contributed by atoms with Crippen LogP contribution in [0.5, 0.6) is 0 Å². The fourth-order valence-electron chi connectivity index (χ4n) is 2.27. The predicted molar refractivity (Wildman–Crippen MR) is 71.1 cm³/mol. The molecule has 0 fully saturated rings. The lowest BCUT2D eigenvalue weighted by Crippen LogP contribution is -1.89. The summed E-state index contributed by atoms with van der Waals surface area (Å²) in [5.74, 6) is 0. The van der Waals surface area contributed by atoms with Gasteiger partial charge in [-0.2, -0.15) is 0 Å². The van der Waals surface area contributed by atoms with E-state index in [2.05, 4.69) is 54.4 Å². The van der Waals surface area contributed by atoms with E-state index in [-0.39, 0.29) is 0 Å². The van der Waals surface area contributed by atoms with Crippen LogP contribution in [0, 0.1) is 13.0 Å². The summed E-state index contributed by atoms with van der Waals surface area (Å²) < 4.78 is 0. The Morgan fingerprint density at radius 3 is 2.76 bits per heavy atom. The zero-order valence-electron chi connectivity index (χ0n) is 9.83. The van der Waals surface area contributed by atoms with E-state index in [9.17, 15) is 0 Å². The number of hydrogen-bond donors (Lipinski definition) is 1. The molecule has 0 saturated carbocycles. The molecule has 0 amide bonds. The van der Waals surface area contributed by atoms with Crippen molar-refractivity contribution < 1.29 is 0 Å². The summed E-state index contributed by atoms with van der Waals surface area (Å²) in [5, 5.41) is 1.29. The van der Waals surface area contributed by atoms with Gasteiger partial charge in [0.25, 0.3) is 0 Å². The van der Waals surface area contributed by atoms with Crippen LogP contribution in [-0.2, 0) is 6.42 Å². The fourth-order valence-corrected chi connectivity index (χ4v) is 2.27. The van der Waals surface area contributed by atoms with Gasteiger partial charge in [-0.25, -0.2) is 0 Å². The molecule has 0 unspecified atom stereocenters. The molecular formula is C16H14N. The lowest BCUT2D eigenvalue weighted by Gasteiger charge is -2.03. The minimum absolute atomic E-state index is 0.964. The summed E-state index contributed by atoms with van der Waals surface area (Å²) in [4.78, 5) is 3.44. The minimum Gasteiger partial charge on any atom is -0.358 e. The average molecular weight is 220 g/mol. The van der Waals surface area contributed by atoms with Gasteiger partial charge in [0.1, 0.15) is 0 Å². The summed E-state index contributed by atoms with van der Waals surface area (Å²) in [6.45, 7) is 2.10. The molecule has 3 rings (SSSR count). The first-order chi connectivity index (χ1) is 8.33. The molecule has 0 bridgehead atoms. The Morgan fingerprint density at radius 1 is 1.12 bits per heavy atom. The van der Waals surface area contributed by atoms with E-state index in [1.807, 2.05) is 12.1 Å². The Bertz CT molecular complexity index is 635. The van der Waals surface area contributed by atoms with Crippen molar-refractivity contribution in [1.82, 2.24) is 4.98 Å². The number of para-hydroxylation sites is 1. The van der Waals surface area contributed by atoms with Crippen LogP contribution >= 0.6 is 0 Å². The van der Waals surface area contributed by atoms with Crippen LogP contribution in [0.25, 0.3) is 10.9 Å². The van der Waals surface area contributed by atoms with Gasteiger partial charge < -0.3 is 4.98 Å². The third-order valence-electron chi connectivity index (χ3n) is 3.06. The Hall–Kier alpha value is -2.02. The second kappa shape index (κ2) is 4.10. The van der Waals surface area contributed by atoms with Crippen molar-refractivity contribution in [2.24, 2.45) is 0 Å². The van der Waals surface area contributed by atoms with Crippen molar-refractivity contribution in [3.8, 4) is 0 Å². The predicted octanol–water partition coefficient (Wildman–Crippen LogP) is 3.87. The molecule has 0 atom stereocenters. The molecule has 0 aliphatic heterocycles. The maximum absolute atomic E-state index is 3.44. The molecule has 17 heavy (non-hydrogen) atoms. The maximum Gasteiger partial charge on any atom is 0.0491 e. The Kier molecular flexibility index (Phi) is 2.45.